The molecule has 0 aliphatic heterocycles. The van der Waals surface area contributed by atoms with Crippen molar-refractivity contribution in [1.29, 1.82) is 0 Å². The van der Waals surface area contributed by atoms with Gasteiger partial charge in [-0.1, -0.05) is 32.6 Å². The van der Waals surface area contributed by atoms with Crippen LogP contribution in [-0.2, 0) is 0 Å². The van der Waals surface area contributed by atoms with E-state index in [1.807, 2.05) is 13.8 Å². The fourth-order valence-corrected chi connectivity index (χ4v) is 0.144. The fraction of sp³-hybridized carbons (Fsp3) is 0.400. The highest BCUT2D eigenvalue weighted by molar-refractivity contribution is 7.78. The maximum absolute atomic E-state index is 4.34. The number of rotatable bonds is 2. The van der Waals surface area contributed by atoms with Crippen LogP contribution in [0, 0.1) is 0 Å². The first-order valence-electron chi connectivity index (χ1n) is 2.22. The molecular formula is C5H11NS. The van der Waals surface area contributed by atoms with Crippen LogP contribution in [0.15, 0.2) is 12.8 Å². The van der Waals surface area contributed by atoms with Crippen LogP contribution in [0.25, 0.3) is 0 Å². The van der Waals surface area contributed by atoms with E-state index in [0.29, 0.717) is 0 Å². The minimum Gasteiger partial charge on any atom is -0.359 e. The van der Waals surface area contributed by atoms with Crippen molar-refractivity contribution in [3.8, 4) is 0 Å². The van der Waals surface area contributed by atoms with E-state index in [2.05, 4.69) is 24.1 Å². The zero-order valence-electron chi connectivity index (χ0n) is 4.77. The average Bonchev–Trinajstić information content (AvgIpc) is 1.75. The Labute approximate surface area is 50.4 Å². The lowest BCUT2D eigenvalue weighted by Crippen LogP contribution is -1.93. The van der Waals surface area contributed by atoms with Gasteiger partial charge in [0.1, 0.15) is 0 Å². The van der Waals surface area contributed by atoms with Crippen LogP contribution in [0.1, 0.15) is 13.8 Å². The van der Waals surface area contributed by atoms with Gasteiger partial charge < -0.3 is 5.32 Å². The van der Waals surface area contributed by atoms with E-state index in [9.17, 15) is 0 Å². The molecule has 0 fully saturated rings. The average molecular weight is 117 g/mol. The van der Waals surface area contributed by atoms with Gasteiger partial charge in [0.05, 0.1) is 5.49 Å². The van der Waals surface area contributed by atoms with Crippen molar-refractivity contribution in [1.82, 2.24) is 5.32 Å². The van der Waals surface area contributed by atoms with E-state index in [1.165, 1.54) is 11.7 Å². The van der Waals surface area contributed by atoms with Gasteiger partial charge in [0.2, 0.25) is 0 Å². The van der Waals surface area contributed by atoms with Crippen molar-refractivity contribution in [3.63, 3.8) is 0 Å². The van der Waals surface area contributed by atoms with Crippen LogP contribution in [0.4, 0.5) is 0 Å². The van der Waals surface area contributed by atoms with E-state index >= 15 is 0 Å². The van der Waals surface area contributed by atoms with Gasteiger partial charge in [-0.05, 0) is 6.20 Å². The molecule has 0 amide bonds. The highest BCUT2D eigenvalue weighted by Gasteiger charge is 1.46. The third kappa shape index (κ3) is 27.9. The summed E-state index contributed by atoms with van der Waals surface area (Å²) < 4.78 is 0. The van der Waals surface area contributed by atoms with Crippen molar-refractivity contribution < 1.29 is 0 Å². The monoisotopic (exact) mass is 117 g/mol. The van der Waals surface area contributed by atoms with E-state index < -0.39 is 0 Å². The summed E-state index contributed by atoms with van der Waals surface area (Å²) in [6, 6.07) is 0. The molecule has 1 N–H and O–H groups in total. The second-order valence-electron chi connectivity index (χ2n) is 0.489. The Morgan fingerprint density at radius 3 is 2.00 bits per heavy atom. The summed E-state index contributed by atoms with van der Waals surface area (Å²) in [7, 11) is 0. The summed E-state index contributed by atoms with van der Waals surface area (Å²) in [5.41, 5.74) is 1.40. The molecule has 0 aliphatic rings. The van der Waals surface area contributed by atoms with Crippen molar-refractivity contribution in [2.24, 2.45) is 0 Å². The van der Waals surface area contributed by atoms with E-state index in [1.54, 1.807) is 0 Å². The predicted octanol–water partition coefficient (Wildman–Crippen LogP) is 1.70. The molecule has 0 spiro atoms. The molecule has 0 saturated carbocycles. The van der Waals surface area contributed by atoms with Crippen LogP contribution < -0.4 is 5.32 Å². The Morgan fingerprint density at radius 1 is 1.57 bits per heavy atom. The van der Waals surface area contributed by atoms with Gasteiger partial charge in [-0.25, -0.2) is 0 Å². The molecular weight excluding hydrogens is 106 g/mol. The first kappa shape index (κ1) is 9.80. The van der Waals surface area contributed by atoms with E-state index in [0.717, 1.165) is 0 Å². The first-order valence-corrected chi connectivity index (χ1v) is 2.69. The topological polar surface area (TPSA) is 12.0 Å². The highest BCUT2D eigenvalue weighted by atomic mass is 32.1. The third-order valence-electron chi connectivity index (χ3n) is 0.186. The molecule has 0 unspecified atom stereocenters. The second kappa shape index (κ2) is 17.4. The van der Waals surface area contributed by atoms with Crippen molar-refractivity contribution in [3.05, 3.63) is 12.8 Å². The minimum absolute atomic E-state index is 1.40. The van der Waals surface area contributed by atoms with Crippen LogP contribution >= 0.6 is 12.2 Å². The Morgan fingerprint density at radius 2 is 2.00 bits per heavy atom. The summed E-state index contributed by atoms with van der Waals surface area (Å²) in [4.78, 5) is 0. The molecule has 0 saturated heterocycles. The normalized spacial score (nSPS) is 4.86. The molecule has 0 aromatic carbocycles. The Hall–Kier alpha value is -0.370. The third-order valence-corrected chi connectivity index (χ3v) is 0.322. The molecule has 0 aromatic rings. The van der Waals surface area contributed by atoms with Gasteiger partial charge in [0.15, 0.2) is 0 Å². The van der Waals surface area contributed by atoms with Crippen LogP contribution in [-0.4, -0.2) is 5.49 Å². The maximum atomic E-state index is 4.34. The van der Waals surface area contributed by atoms with Crippen molar-refractivity contribution in [2.45, 2.75) is 13.8 Å². The lowest BCUT2D eigenvalue weighted by atomic mass is 11.0. The summed E-state index contributed by atoms with van der Waals surface area (Å²) >= 11 is 4.34. The zero-order chi connectivity index (χ0) is 6.12. The molecule has 0 heterocycles. The molecule has 0 bridgehead atoms. The largest absolute Gasteiger partial charge is 0.359 e. The molecule has 0 rings (SSSR count). The van der Waals surface area contributed by atoms with Gasteiger partial charge in [-0.2, -0.15) is 0 Å². The standard InChI is InChI=1S/C3H5NS.C2H6/c1-2-4-3-5;1-2/h2-3H,1H2,(H,4,5);1-2H3. The smallest absolute Gasteiger partial charge is 0.0654 e. The fourth-order valence-electron chi connectivity index (χ4n) is 0.0481. The van der Waals surface area contributed by atoms with Crippen LogP contribution in [0.5, 0.6) is 0 Å². The number of hydrogen-bond donors (Lipinski definition) is 1. The number of nitrogens with one attached hydrogen (secondary N) is 1. The maximum Gasteiger partial charge on any atom is 0.0654 e. The lowest BCUT2D eigenvalue weighted by Gasteiger charge is -1.73. The summed E-state index contributed by atoms with van der Waals surface area (Å²) in [6.45, 7) is 7.34. The Balaban J connectivity index is 0. The van der Waals surface area contributed by atoms with Crippen LogP contribution in [0.3, 0.4) is 0 Å². The molecule has 0 aliphatic carbocycles. The number of thiocarbonyl (C=S) groups is 1. The zero-order valence-corrected chi connectivity index (χ0v) is 5.59. The molecule has 0 aromatic heterocycles. The summed E-state index contributed by atoms with van der Waals surface area (Å²) in [5.74, 6) is 0. The highest BCUT2D eigenvalue weighted by Crippen LogP contribution is 1.42. The van der Waals surface area contributed by atoms with E-state index in [-0.39, 0.29) is 0 Å². The van der Waals surface area contributed by atoms with Crippen molar-refractivity contribution >= 4 is 17.7 Å². The Bertz CT molecular complexity index is 37.3. The SMILES string of the molecule is C=CNC=S.CC. The van der Waals surface area contributed by atoms with Gasteiger partial charge >= 0.3 is 0 Å². The molecule has 1 nitrogen and oxygen atoms in total. The van der Waals surface area contributed by atoms with Gasteiger partial charge in [0, 0.05) is 0 Å². The quantitative estimate of drug-likeness (QED) is 0.552. The summed E-state index contributed by atoms with van der Waals surface area (Å²) in [6.07, 6.45) is 1.52. The molecule has 42 valence electrons. The predicted molar refractivity (Wildman–Crippen MR) is 38.3 cm³/mol. The molecule has 0 atom stereocenters. The molecule has 2 heteroatoms. The number of hydrogen-bond acceptors (Lipinski definition) is 1. The first-order chi connectivity index (χ1) is 3.41. The summed E-state index contributed by atoms with van der Waals surface area (Å²) in [5, 5.41) is 2.56. The van der Waals surface area contributed by atoms with E-state index in [4.69, 9.17) is 0 Å². The van der Waals surface area contributed by atoms with Gasteiger partial charge in [-0.15, -0.1) is 0 Å². The van der Waals surface area contributed by atoms with Gasteiger partial charge in [0.25, 0.3) is 0 Å². The second-order valence-corrected chi connectivity index (χ2v) is 0.724. The molecule has 7 heavy (non-hydrogen) atoms. The van der Waals surface area contributed by atoms with Crippen LogP contribution in [0.2, 0.25) is 0 Å². The Kier molecular flexibility index (Phi) is 24.4. The minimum atomic E-state index is 1.40. The van der Waals surface area contributed by atoms with Crippen molar-refractivity contribution in [2.75, 3.05) is 0 Å². The van der Waals surface area contributed by atoms with Gasteiger partial charge in [-0.3, -0.25) is 0 Å². The lowest BCUT2D eigenvalue weighted by molar-refractivity contribution is 1.37. The molecule has 0 radical (unpaired) electrons.